The Morgan fingerprint density at radius 3 is 2.29 bits per heavy atom. The van der Waals surface area contributed by atoms with Crippen LogP contribution in [0, 0.1) is 0 Å². The molecular formula is C37H32Cl2N4O3S2. The van der Waals surface area contributed by atoms with Gasteiger partial charge in [0.05, 0.1) is 21.0 Å². The van der Waals surface area contributed by atoms with Crippen LogP contribution in [0.3, 0.4) is 0 Å². The fourth-order valence-corrected chi connectivity index (χ4v) is 6.46. The number of rotatable bonds is 11. The number of thiazole rings is 1. The van der Waals surface area contributed by atoms with Gasteiger partial charge in [0.25, 0.3) is 11.8 Å². The van der Waals surface area contributed by atoms with Gasteiger partial charge in [-0.1, -0.05) is 91.6 Å². The van der Waals surface area contributed by atoms with Gasteiger partial charge < -0.3 is 16.0 Å². The summed E-state index contributed by atoms with van der Waals surface area (Å²) in [5, 5.41) is 11.3. The first-order valence-electron chi connectivity index (χ1n) is 15.0. The number of nitrogens with zero attached hydrogens (tertiary/aromatic N) is 1. The predicted molar refractivity (Wildman–Crippen MR) is 199 cm³/mol. The van der Waals surface area contributed by atoms with Crippen LogP contribution >= 0.6 is 46.3 Å². The first-order chi connectivity index (χ1) is 23.0. The fourth-order valence-electron chi connectivity index (χ4n) is 4.52. The minimum atomic E-state index is -0.485. The molecule has 0 fully saturated rings. The molecule has 1 atom stereocenters. The van der Waals surface area contributed by atoms with E-state index in [-0.39, 0.29) is 11.6 Å². The average Bonchev–Trinajstić information content (AvgIpc) is 3.54. The van der Waals surface area contributed by atoms with Crippen LogP contribution in [-0.2, 0) is 9.59 Å². The lowest BCUT2D eigenvalue weighted by molar-refractivity contribution is -0.115. The largest absolute Gasteiger partial charge is 0.321 e. The number of halogens is 2. The number of thioether (sulfide) groups is 1. The third-order valence-electron chi connectivity index (χ3n) is 7.17. The van der Waals surface area contributed by atoms with Gasteiger partial charge in [-0.15, -0.1) is 23.1 Å². The maximum atomic E-state index is 13.6. The highest BCUT2D eigenvalue weighted by Gasteiger charge is 2.19. The predicted octanol–water partition coefficient (Wildman–Crippen LogP) is 9.77. The molecule has 11 heteroatoms. The van der Waals surface area contributed by atoms with Crippen LogP contribution in [0.15, 0.2) is 113 Å². The van der Waals surface area contributed by atoms with Crippen LogP contribution in [0.2, 0.25) is 10.0 Å². The van der Waals surface area contributed by atoms with Gasteiger partial charge in [0.2, 0.25) is 5.91 Å². The quantitative estimate of drug-likeness (QED) is 0.0934. The molecule has 4 aromatic carbocycles. The standard InChI is InChI=1S/C37H32Cl2N4O3S2/c1-22(2)25-14-12-24(13-15-25)18-32(41-35(45)26-8-5-4-6-9-26)36(46)40-28-10-7-11-29(20-28)48-23(3)34(44)43-37-42-33(21-47-37)27-16-17-30(38)31(39)19-27/h4-23H,1-3H3,(H,40,46)(H,41,45)(H,42,43,44)/b32-18+. The van der Waals surface area contributed by atoms with Gasteiger partial charge in [-0.05, 0) is 72.5 Å². The van der Waals surface area contributed by atoms with Crippen LogP contribution in [0.5, 0.6) is 0 Å². The van der Waals surface area contributed by atoms with E-state index in [1.54, 1.807) is 67.6 Å². The molecule has 1 aromatic heterocycles. The van der Waals surface area contributed by atoms with E-state index in [1.807, 2.05) is 47.8 Å². The topological polar surface area (TPSA) is 100 Å². The first kappa shape index (κ1) is 34.9. The van der Waals surface area contributed by atoms with E-state index >= 15 is 0 Å². The number of anilines is 2. The van der Waals surface area contributed by atoms with E-state index in [2.05, 4.69) is 34.8 Å². The van der Waals surface area contributed by atoms with Crippen molar-refractivity contribution in [1.29, 1.82) is 0 Å². The minimum Gasteiger partial charge on any atom is -0.321 e. The Kier molecular flexibility index (Phi) is 11.7. The monoisotopic (exact) mass is 714 g/mol. The van der Waals surface area contributed by atoms with Crippen molar-refractivity contribution in [2.45, 2.75) is 36.8 Å². The van der Waals surface area contributed by atoms with Gasteiger partial charge in [-0.3, -0.25) is 14.4 Å². The smallest absolute Gasteiger partial charge is 0.272 e. The molecule has 3 amide bonds. The molecule has 0 radical (unpaired) electrons. The molecular weight excluding hydrogens is 683 g/mol. The molecule has 0 saturated heterocycles. The van der Waals surface area contributed by atoms with E-state index in [1.165, 1.54) is 28.7 Å². The molecule has 5 rings (SSSR count). The summed E-state index contributed by atoms with van der Waals surface area (Å²) in [5.74, 6) is -0.740. The van der Waals surface area contributed by atoms with Crippen molar-refractivity contribution in [2.75, 3.05) is 10.6 Å². The van der Waals surface area contributed by atoms with Crippen LogP contribution in [-0.4, -0.2) is 28.0 Å². The second-order valence-electron chi connectivity index (χ2n) is 11.1. The summed E-state index contributed by atoms with van der Waals surface area (Å²) in [5.41, 5.74) is 4.45. The number of carbonyl (C=O) groups excluding carboxylic acids is 3. The summed E-state index contributed by atoms with van der Waals surface area (Å²) >= 11 is 14.8. The highest BCUT2D eigenvalue weighted by molar-refractivity contribution is 8.00. The van der Waals surface area contributed by atoms with E-state index in [9.17, 15) is 14.4 Å². The van der Waals surface area contributed by atoms with Crippen molar-refractivity contribution >= 4 is 80.9 Å². The molecule has 0 aliphatic heterocycles. The fraction of sp³-hybridized carbons (Fsp3) is 0.135. The number of hydrogen-bond donors (Lipinski definition) is 3. The Labute approximate surface area is 297 Å². The molecule has 0 saturated carbocycles. The van der Waals surface area contributed by atoms with Crippen molar-refractivity contribution in [2.24, 2.45) is 0 Å². The summed E-state index contributed by atoms with van der Waals surface area (Å²) in [7, 11) is 0. The van der Waals surface area contributed by atoms with Crippen molar-refractivity contribution in [3.63, 3.8) is 0 Å². The minimum absolute atomic E-state index is 0.0932. The van der Waals surface area contributed by atoms with Crippen LogP contribution in [0.1, 0.15) is 48.2 Å². The lowest BCUT2D eigenvalue weighted by Crippen LogP contribution is -2.30. The molecule has 0 aliphatic rings. The lowest BCUT2D eigenvalue weighted by Gasteiger charge is -2.14. The van der Waals surface area contributed by atoms with Gasteiger partial charge >= 0.3 is 0 Å². The molecule has 0 spiro atoms. The zero-order valence-corrected chi connectivity index (χ0v) is 29.4. The SMILES string of the molecule is CC(Sc1cccc(NC(=O)/C(=C\c2ccc(C(C)C)cc2)NC(=O)c2ccccc2)c1)C(=O)Nc1nc(-c2ccc(Cl)c(Cl)c2)cs1. The molecule has 5 aromatic rings. The summed E-state index contributed by atoms with van der Waals surface area (Å²) in [6.45, 7) is 6.02. The Morgan fingerprint density at radius 2 is 1.58 bits per heavy atom. The van der Waals surface area contributed by atoms with E-state index in [4.69, 9.17) is 23.2 Å². The van der Waals surface area contributed by atoms with Crippen LogP contribution in [0.25, 0.3) is 17.3 Å². The Morgan fingerprint density at radius 1 is 0.833 bits per heavy atom. The Bertz CT molecular complexity index is 1960. The molecule has 0 aliphatic carbocycles. The van der Waals surface area contributed by atoms with Crippen LogP contribution in [0.4, 0.5) is 10.8 Å². The number of benzene rings is 4. The van der Waals surface area contributed by atoms with Crippen LogP contribution < -0.4 is 16.0 Å². The lowest BCUT2D eigenvalue weighted by atomic mass is 10.0. The molecule has 7 nitrogen and oxygen atoms in total. The third-order valence-corrected chi connectivity index (χ3v) is 9.76. The number of amides is 3. The third kappa shape index (κ3) is 9.35. The molecule has 48 heavy (non-hydrogen) atoms. The highest BCUT2D eigenvalue weighted by atomic mass is 35.5. The van der Waals surface area contributed by atoms with Gasteiger partial charge in [-0.25, -0.2) is 4.98 Å². The van der Waals surface area contributed by atoms with Gasteiger partial charge in [0, 0.05) is 27.1 Å². The normalized spacial score (nSPS) is 12.0. The van der Waals surface area contributed by atoms with E-state index in [0.717, 1.165) is 16.0 Å². The summed E-state index contributed by atoms with van der Waals surface area (Å²) < 4.78 is 0. The second-order valence-corrected chi connectivity index (χ2v) is 14.2. The number of carbonyl (C=O) groups is 3. The second kappa shape index (κ2) is 16.1. The van der Waals surface area contributed by atoms with Crippen molar-refractivity contribution in [3.8, 4) is 11.3 Å². The molecule has 1 unspecified atom stereocenters. The first-order valence-corrected chi connectivity index (χ1v) is 17.5. The Balaban J connectivity index is 1.26. The van der Waals surface area contributed by atoms with Crippen molar-refractivity contribution in [3.05, 3.63) is 135 Å². The maximum Gasteiger partial charge on any atom is 0.272 e. The number of aromatic nitrogens is 1. The van der Waals surface area contributed by atoms with Crippen molar-refractivity contribution in [1.82, 2.24) is 10.3 Å². The summed E-state index contributed by atoms with van der Waals surface area (Å²) in [4.78, 5) is 44.9. The number of hydrogen-bond acceptors (Lipinski definition) is 6. The summed E-state index contributed by atoms with van der Waals surface area (Å²) in [6.07, 6.45) is 1.65. The van der Waals surface area contributed by atoms with E-state index in [0.29, 0.717) is 38.0 Å². The zero-order chi connectivity index (χ0) is 34.2. The molecule has 0 bridgehead atoms. The highest BCUT2D eigenvalue weighted by Crippen LogP contribution is 2.32. The molecule has 3 N–H and O–H groups in total. The van der Waals surface area contributed by atoms with Crippen molar-refractivity contribution < 1.29 is 14.4 Å². The molecule has 244 valence electrons. The summed E-state index contributed by atoms with van der Waals surface area (Å²) in [6, 6.07) is 29.0. The van der Waals surface area contributed by atoms with Gasteiger partial charge in [0.15, 0.2) is 5.13 Å². The van der Waals surface area contributed by atoms with Gasteiger partial charge in [0.1, 0.15) is 5.70 Å². The number of nitrogens with one attached hydrogen (secondary N) is 3. The van der Waals surface area contributed by atoms with Gasteiger partial charge in [-0.2, -0.15) is 0 Å². The zero-order valence-electron chi connectivity index (χ0n) is 26.3. The van der Waals surface area contributed by atoms with E-state index < -0.39 is 17.1 Å². The average molecular weight is 716 g/mol. The maximum absolute atomic E-state index is 13.6. The Hall–Kier alpha value is -4.41. The molecule has 1 heterocycles.